The Morgan fingerprint density at radius 3 is 1.74 bits per heavy atom. The molecular weight excluding hydrogens is 606 g/mol. The first kappa shape index (κ1) is 37.2. The van der Waals surface area contributed by atoms with Gasteiger partial charge in [-0.05, 0) is 56.3 Å². The molecule has 0 unspecified atom stereocenters. The molecule has 5 atom stereocenters. The minimum Gasteiger partial charge on any atom is -0.508 e. The summed E-state index contributed by atoms with van der Waals surface area (Å²) in [6.45, 7) is -0.517. The summed E-state index contributed by atoms with van der Waals surface area (Å²) in [6, 6.07) is -1.45. The number of carbonyl (C=O) groups is 6. The molecule has 1 fully saturated rings. The molecular formula is C28H43N9O9. The first-order chi connectivity index (χ1) is 21.8. The van der Waals surface area contributed by atoms with Crippen LogP contribution in [0.4, 0.5) is 0 Å². The molecule has 2 rings (SSSR count). The van der Waals surface area contributed by atoms with Crippen molar-refractivity contribution < 1.29 is 44.1 Å². The molecule has 46 heavy (non-hydrogen) atoms. The smallest absolute Gasteiger partial charge is 0.305 e. The van der Waals surface area contributed by atoms with E-state index in [0.29, 0.717) is 24.9 Å². The summed E-state index contributed by atoms with van der Waals surface area (Å²) in [7, 11) is 0. The van der Waals surface area contributed by atoms with Gasteiger partial charge < -0.3 is 59.1 Å². The lowest BCUT2D eigenvalue weighted by molar-refractivity contribution is -0.141. The monoisotopic (exact) mass is 649 g/mol. The molecule has 0 aromatic heterocycles. The average Bonchev–Trinajstić information content (AvgIpc) is 3.00. The molecule has 0 saturated carbocycles. The fourth-order valence-corrected chi connectivity index (χ4v) is 4.55. The highest BCUT2D eigenvalue weighted by Gasteiger charge is 2.35. The van der Waals surface area contributed by atoms with Crippen molar-refractivity contribution in [3.8, 4) is 5.75 Å². The number of aromatic hydroxyl groups is 1. The van der Waals surface area contributed by atoms with E-state index in [4.69, 9.17) is 17.2 Å². The number of aliphatic hydroxyl groups is 1. The highest BCUT2D eigenvalue weighted by atomic mass is 16.4. The minimum atomic E-state index is -1.72. The average molecular weight is 650 g/mol. The Morgan fingerprint density at radius 2 is 1.20 bits per heavy atom. The molecule has 1 aromatic carbocycles. The topological polar surface area (TPSA) is 314 Å². The zero-order valence-corrected chi connectivity index (χ0v) is 25.2. The lowest BCUT2D eigenvalue weighted by Crippen LogP contribution is -2.59. The summed E-state index contributed by atoms with van der Waals surface area (Å²) in [5.74, 6) is -6.26. The molecule has 1 aliphatic rings. The largest absolute Gasteiger partial charge is 0.508 e. The molecule has 18 heteroatoms. The zero-order chi connectivity index (χ0) is 34.2. The van der Waals surface area contributed by atoms with Crippen LogP contribution in [0.25, 0.3) is 0 Å². The quantitative estimate of drug-likeness (QED) is 0.0554. The molecule has 1 aliphatic heterocycles. The van der Waals surface area contributed by atoms with E-state index in [-0.39, 0.29) is 43.9 Å². The van der Waals surface area contributed by atoms with Gasteiger partial charge in [0.25, 0.3) is 0 Å². The van der Waals surface area contributed by atoms with Crippen molar-refractivity contribution in [2.75, 3.05) is 19.7 Å². The van der Waals surface area contributed by atoms with E-state index < -0.39 is 78.7 Å². The Bertz CT molecular complexity index is 1260. The fourth-order valence-electron chi connectivity index (χ4n) is 4.55. The molecule has 0 bridgehead atoms. The third-order valence-electron chi connectivity index (χ3n) is 6.99. The summed E-state index contributed by atoms with van der Waals surface area (Å²) >= 11 is 0. The van der Waals surface area contributed by atoms with Gasteiger partial charge in [0.2, 0.25) is 29.5 Å². The molecule has 18 nitrogen and oxygen atoms in total. The molecule has 1 heterocycles. The number of carboxylic acid groups (broad SMARTS) is 1. The number of aliphatic carboxylic acids is 1. The van der Waals surface area contributed by atoms with Crippen LogP contribution in [0.15, 0.2) is 29.3 Å². The van der Waals surface area contributed by atoms with E-state index in [1.54, 1.807) is 0 Å². The predicted molar refractivity (Wildman–Crippen MR) is 164 cm³/mol. The van der Waals surface area contributed by atoms with E-state index in [9.17, 15) is 44.1 Å². The third-order valence-corrected chi connectivity index (χ3v) is 6.99. The molecule has 5 amide bonds. The second kappa shape index (κ2) is 18.7. The number of phenols is 1. The van der Waals surface area contributed by atoms with Crippen LogP contribution < -0.4 is 43.8 Å². The first-order valence-corrected chi connectivity index (χ1v) is 14.7. The molecule has 0 aliphatic carbocycles. The van der Waals surface area contributed by atoms with E-state index in [0.717, 1.165) is 0 Å². The van der Waals surface area contributed by atoms with Crippen molar-refractivity contribution in [2.24, 2.45) is 22.2 Å². The lowest BCUT2D eigenvalue weighted by Gasteiger charge is -2.26. The number of nitrogens with zero attached hydrogens (tertiary/aromatic N) is 1. The number of nitrogens with two attached hydrogens (primary N) is 3. The van der Waals surface area contributed by atoms with Gasteiger partial charge in [0.1, 0.15) is 36.0 Å². The molecule has 0 spiro atoms. The van der Waals surface area contributed by atoms with Crippen molar-refractivity contribution in [1.29, 1.82) is 0 Å². The van der Waals surface area contributed by atoms with Gasteiger partial charge in [-0.15, -0.1) is 0 Å². The maximum Gasteiger partial charge on any atom is 0.305 e. The van der Waals surface area contributed by atoms with Crippen LogP contribution in [0.3, 0.4) is 0 Å². The Kier molecular flexibility index (Phi) is 15.2. The highest BCUT2D eigenvalue weighted by Crippen LogP contribution is 2.13. The zero-order valence-electron chi connectivity index (χ0n) is 25.2. The van der Waals surface area contributed by atoms with E-state index in [1.807, 2.05) is 0 Å². The van der Waals surface area contributed by atoms with Crippen molar-refractivity contribution in [2.45, 2.75) is 75.2 Å². The number of guanidine groups is 1. The highest BCUT2D eigenvalue weighted by molar-refractivity contribution is 5.98. The van der Waals surface area contributed by atoms with Crippen molar-refractivity contribution in [3.05, 3.63) is 29.8 Å². The number of aliphatic imine (C=N–C) groups is 1. The second-order valence-electron chi connectivity index (χ2n) is 10.7. The van der Waals surface area contributed by atoms with Gasteiger partial charge >= 0.3 is 5.97 Å². The van der Waals surface area contributed by atoms with E-state index in [1.165, 1.54) is 24.3 Å². The lowest BCUT2D eigenvalue weighted by atomic mass is 10.0. The van der Waals surface area contributed by atoms with Gasteiger partial charge in [-0.3, -0.25) is 33.8 Å². The molecule has 1 saturated heterocycles. The van der Waals surface area contributed by atoms with Crippen LogP contribution in [-0.4, -0.2) is 107 Å². The van der Waals surface area contributed by atoms with E-state index in [2.05, 4.69) is 31.6 Å². The number of amides is 5. The number of rotatable bonds is 13. The first-order valence-electron chi connectivity index (χ1n) is 14.7. The number of phenolic OH excluding ortho intramolecular Hbond substituents is 1. The van der Waals surface area contributed by atoms with Crippen molar-refractivity contribution >= 4 is 41.5 Å². The maximum atomic E-state index is 13.6. The van der Waals surface area contributed by atoms with Crippen LogP contribution in [0, 0.1) is 0 Å². The van der Waals surface area contributed by atoms with Gasteiger partial charge in [0, 0.05) is 13.0 Å². The molecule has 1 aromatic rings. The Balaban J connectivity index is 2.54. The van der Waals surface area contributed by atoms with Gasteiger partial charge in [0.05, 0.1) is 13.0 Å². The normalized spacial score (nSPS) is 23.0. The fraction of sp³-hybridized carbons (Fsp3) is 0.536. The summed E-state index contributed by atoms with van der Waals surface area (Å²) in [5, 5.41) is 41.1. The standard InChI is InChI=1S/C28H43N9O9/c29-10-2-1-4-17-23(42)33-18(5-3-11-32-28(30)31)24(43)37-21(14-38)27(46)36-20(13-22(40)41)26(45)35-19(25(44)34-17)12-15-6-8-16(39)9-7-15/h6-9,17-21,38-39H,1-5,10-14,29H2,(H,33,42)(H,34,44)(H,35,45)(H,36,46)(H,37,43)(H,40,41)(H4,30,31,32)/t17-,18-,19+,20-,21-/m0/s1. The summed E-state index contributed by atoms with van der Waals surface area (Å²) in [6.07, 6.45) is 0.197. The van der Waals surface area contributed by atoms with Gasteiger partial charge in [-0.1, -0.05) is 12.1 Å². The predicted octanol–water partition coefficient (Wildman–Crippen LogP) is -3.98. The summed E-state index contributed by atoms with van der Waals surface area (Å²) in [4.78, 5) is 82.2. The van der Waals surface area contributed by atoms with Gasteiger partial charge in [0.15, 0.2) is 5.96 Å². The number of nitrogens with one attached hydrogen (secondary N) is 5. The number of hydrogen-bond donors (Lipinski definition) is 11. The number of hydrogen-bond acceptors (Lipinski definition) is 10. The van der Waals surface area contributed by atoms with E-state index >= 15 is 0 Å². The molecule has 254 valence electrons. The van der Waals surface area contributed by atoms with Gasteiger partial charge in [-0.2, -0.15) is 0 Å². The Labute approximate surface area is 264 Å². The van der Waals surface area contributed by atoms with Crippen molar-refractivity contribution in [3.63, 3.8) is 0 Å². The summed E-state index contributed by atoms with van der Waals surface area (Å²) < 4.78 is 0. The van der Waals surface area contributed by atoms with Crippen molar-refractivity contribution in [1.82, 2.24) is 26.6 Å². The third kappa shape index (κ3) is 12.6. The Morgan fingerprint density at radius 1 is 0.717 bits per heavy atom. The number of unbranched alkanes of at least 4 members (excludes halogenated alkanes) is 1. The summed E-state index contributed by atoms with van der Waals surface area (Å²) in [5.41, 5.74) is 16.8. The van der Waals surface area contributed by atoms with Crippen LogP contribution in [0.5, 0.6) is 5.75 Å². The second-order valence-corrected chi connectivity index (χ2v) is 10.7. The number of carboxylic acids is 1. The molecule has 0 radical (unpaired) electrons. The number of carbonyl (C=O) groups excluding carboxylic acids is 5. The minimum absolute atomic E-state index is 0.0112. The maximum absolute atomic E-state index is 13.6. The number of benzene rings is 1. The van der Waals surface area contributed by atoms with Crippen LogP contribution in [0.2, 0.25) is 0 Å². The van der Waals surface area contributed by atoms with Crippen LogP contribution in [-0.2, 0) is 35.2 Å². The number of aliphatic hydroxyl groups excluding tert-OH is 1. The van der Waals surface area contributed by atoms with Crippen LogP contribution >= 0.6 is 0 Å². The molecule has 14 N–H and O–H groups in total. The Hall–Kier alpha value is -4.97. The van der Waals surface area contributed by atoms with Gasteiger partial charge in [-0.25, -0.2) is 0 Å². The SMILES string of the molecule is NCCCC[C@@H]1NC(=O)[C@@H](Cc2ccc(O)cc2)NC(=O)[C@H](CC(=O)O)NC(=O)[C@H](CO)NC(=O)[C@H](CCCN=C(N)N)NC1=O. The van der Waals surface area contributed by atoms with Crippen LogP contribution in [0.1, 0.15) is 44.1 Å².